The molecular weight excluding hydrogens is 1090 g/mol. The van der Waals surface area contributed by atoms with Gasteiger partial charge in [0.1, 0.15) is 0 Å². The van der Waals surface area contributed by atoms with E-state index in [0.717, 1.165) is 54.5 Å². The number of pyridine rings is 4. The second-order valence-electron chi connectivity index (χ2n) is 14.8. The van der Waals surface area contributed by atoms with Crippen molar-refractivity contribution >= 4 is 118 Å². The van der Waals surface area contributed by atoms with E-state index in [1.807, 2.05) is 0 Å². The SMILES string of the molecule is O=C(O)c1ccnc(-c2cc(-c3cc4sc5ccsc5c4s3)cc(-c3[c-]cc(F)cc3F)n2)c1.O=C(O)c1ccnc(-c2cc(-c3cc4sc5ccsc5c4s3)cc(-c3[c-]cc(F)cc3F)n2)c1.[Ru+2]. The second kappa shape index (κ2) is 18.8. The summed E-state index contributed by atoms with van der Waals surface area (Å²) in [5, 5.41) is 22.9. The van der Waals surface area contributed by atoms with Gasteiger partial charge in [0, 0.05) is 64.2 Å². The Kier molecular flexibility index (Phi) is 12.6. The van der Waals surface area contributed by atoms with Gasteiger partial charge in [-0.2, -0.15) is 0 Å². The van der Waals surface area contributed by atoms with Gasteiger partial charge in [-0.25, -0.2) is 9.59 Å². The third-order valence-electron chi connectivity index (χ3n) is 10.5. The first-order valence-corrected chi connectivity index (χ1v) is 24.9. The number of aromatic nitrogens is 4. The molecule has 0 aliphatic rings. The standard InChI is InChI=1S/2C25H11F2N2O2S3.Ru/c2*26-14-1-2-15(16(27)10-14)17-8-13(9-19(29-17)18-7-12(25(30)31)3-5-28-18)21-11-22-24(34-21)23-20(33-22)4-6-32-23;/h2*1,3-11H,(H,30,31);/q2*-1;+2. The number of thiophene rings is 6. The Labute approximate surface area is 423 Å². The molecule has 0 aliphatic heterocycles. The van der Waals surface area contributed by atoms with E-state index < -0.39 is 35.2 Å². The molecule has 69 heavy (non-hydrogen) atoms. The van der Waals surface area contributed by atoms with Crippen LogP contribution in [-0.4, -0.2) is 42.1 Å². The molecule has 8 nitrogen and oxygen atoms in total. The van der Waals surface area contributed by atoms with Crippen molar-refractivity contribution in [1.82, 2.24) is 19.9 Å². The molecule has 12 aromatic rings. The van der Waals surface area contributed by atoms with Crippen molar-refractivity contribution in [3.05, 3.63) is 167 Å². The average molecular weight is 1110 g/mol. The number of fused-ring (bicyclic) bond motifs is 6. The van der Waals surface area contributed by atoms with Crippen LogP contribution in [-0.2, 0) is 19.5 Å². The summed E-state index contributed by atoms with van der Waals surface area (Å²) in [5.41, 5.74) is 3.68. The van der Waals surface area contributed by atoms with Crippen molar-refractivity contribution in [2.45, 2.75) is 0 Å². The first-order chi connectivity index (χ1) is 32.9. The number of hydrogen-bond acceptors (Lipinski definition) is 12. The predicted molar refractivity (Wildman–Crippen MR) is 265 cm³/mol. The number of aromatic carboxylic acids is 2. The fourth-order valence-electron chi connectivity index (χ4n) is 7.38. The molecule has 2 aromatic carbocycles. The van der Waals surface area contributed by atoms with Crippen LogP contribution < -0.4 is 0 Å². The molecule has 0 radical (unpaired) electrons. The molecule has 0 spiro atoms. The van der Waals surface area contributed by atoms with Crippen molar-refractivity contribution in [2.75, 3.05) is 0 Å². The Balaban J connectivity index is 0.000000158. The summed E-state index contributed by atoms with van der Waals surface area (Å²) in [6, 6.07) is 30.1. The minimum atomic E-state index is -1.09. The fourth-order valence-corrected chi connectivity index (χ4v) is 14.9. The summed E-state index contributed by atoms with van der Waals surface area (Å²) in [5.74, 6) is -5.20. The van der Waals surface area contributed by atoms with E-state index in [0.29, 0.717) is 22.8 Å². The summed E-state index contributed by atoms with van der Waals surface area (Å²) in [6.07, 6.45) is 2.79. The zero-order valence-corrected chi connectivity index (χ0v) is 41.0. The maximum atomic E-state index is 14.6. The summed E-state index contributed by atoms with van der Waals surface area (Å²) < 4.78 is 65.9. The van der Waals surface area contributed by atoms with Crippen LogP contribution in [0.2, 0.25) is 0 Å². The molecule has 0 unspecified atom stereocenters. The van der Waals surface area contributed by atoms with Crippen LogP contribution in [0, 0.1) is 35.4 Å². The molecule has 0 saturated carbocycles. The topological polar surface area (TPSA) is 126 Å². The van der Waals surface area contributed by atoms with Gasteiger partial charge in [0.05, 0.1) is 52.7 Å². The van der Waals surface area contributed by atoms with Crippen molar-refractivity contribution in [2.24, 2.45) is 0 Å². The van der Waals surface area contributed by atoms with E-state index in [9.17, 15) is 37.4 Å². The van der Waals surface area contributed by atoms with Gasteiger partial charge in [-0.1, -0.05) is 35.4 Å². The number of hydrogen-bond donors (Lipinski definition) is 2. The zero-order valence-electron chi connectivity index (χ0n) is 34.4. The van der Waals surface area contributed by atoms with Crippen LogP contribution in [0.3, 0.4) is 0 Å². The van der Waals surface area contributed by atoms with E-state index in [1.54, 1.807) is 92.3 Å². The Morgan fingerprint density at radius 2 is 0.899 bits per heavy atom. The summed E-state index contributed by atoms with van der Waals surface area (Å²) in [4.78, 5) is 42.5. The Morgan fingerprint density at radius 1 is 0.478 bits per heavy atom. The number of benzene rings is 2. The van der Waals surface area contributed by atoms with Crippen LogP contribution in [0.25, 0.3) is 104 Å². The maximum Gasteiger partial charge on any atom is 2.00 e. The molecule has 0 aliphatic carbocycles. The molecule has 0 amide bonds. The molecule has 0 atom stereocenters. The Bertz CT molecular complexity index is 3730. The third-order valence-corrected chi connectivity index (χ3v) is 17.7. The summed E-state index contributed by atoms with van der Waals surface area (Å²) in [7, 11) is 0. The molecule has 2 N–H and O–H groups in total. The summed E-state index contributed by atoms with van der Waals surface area (Å²) >= 11 is 10.1. The number of halogens is 4. The number of carbonyl (C=O) groups is 2. The number of carboxylic acids is 2. The molecule has 0 bridgehead atoms. The van der Waals surface area contributed by atoms with Gasteiger partial charge in [-0.3, -0.25) is 37.5 Å². The minimum absolute atomic E-state index is 0. The average Bonchev–Trinajstić information content (AvgIpc) is 4.20. The predicted octanol–water partition coefficient (Wildman–Crippen LogP) is 15.5. The number of nitrogens with zero attached hydrogens (tertiary/aromatic N) is 4. The van der Waals surface area contributed by atoms with Gasteiger partial charge in [0.25, 0.3) is 0 Å². The molecule has 12 rings (SSSR count). The van der Waals surface area contributed by atoms with E-state index in [4.69, 9.17) is 0 Å². The molecule has 0 saturated heterocycles. The van der Waals surface area contributed by atoms with Crippen LogP contribution >= 0.6 is 68.0 Å². The molecule has 0 fully saturated rings. The Hall–Kier alpha value is -6.44. The molecular formula is C50H22F4N4O4RuS6. The first-order valence-electron chi connectivity index (χ1n) is 19.9. The van der Waals surface area contributed by atoms with Crippen LogP contribution in [0.4, 0.5) is 17.6 Å². The van der Waals surface area contributed by atoms with Crippen molar-refractivity contribution in [1.29, 1.82) is 0 Å². The Morgan fingerprint density at radius 3 is 1.30 bits per heavy atom. The first kappa shape index (κ1) is 46.3. The van der Waals surface area contributed by atoms with Gasteiger partial charge in [-0.15, -0.1) is 92.3 Å². The molecule has 338 valence electrons. The smallest absolute Gasteiger partial charge is 0.478 e. The van der Waals surface area contributed by atoms with Gasteiger partial charge >= 0.3 is 31.4 Å². The quantitative estimate of drug-likeness (QED) is 0.0875. The van der Waals surface area contributed by atoms with Gasteiger partial charge < -0.3 is 10.2 Å². The van der Waals surface area contributed by atoms with E-state index in [-0.39, 0.29) is 53.1 Å². The number of carboxylic acid groups (broad SMARTS) is 2. The van der Waals surface area contributed by atoms with Gasteiger partial charge in [-0.05, 0) is 93.9 Å². The van der Waals surface area contributed by atoms with Crippen molar-refractivity contribution < 1.29 is 56.8 Å². The zero-order chi connectivity index (χ0) is 46.8. The fraction of sp³-hybridized carbons (Fsp3) is 0. The maximum absolute atomic E-state index is 14.6. The van der Waals surface area contributed by atoms with Crippen molar-refractivity contribution in [3.63, 3.8) is 0 Å². The van der Waals surface area contributed by atoms with Crippen molar-refractivity contribution in [3.8, 4) is 66.2 Å². The van der Waals surface area contributed by atoms with E-state index in [1.165, 1.54) is 64.9 Å². The molecule has 10 aromatic heterocycles. The monoisotopic (exact) mass is 1110 g/mol. The normalized spacial score (nSPS) is 11.3. The van der Waals surface area contributed by atoms with Crippen LogP contribution in [0.15, 0.2) is 120 Å². The van der Waals surface area contributed by atoms with Crippen LogP contribution in [0.5, 0.6) is 0 Å². The molecule has 19 heteroatoms. The molecule has 10 heterocycles. The van der Waals surface area contributed by atoms with E-state index in [2.05, 4.69) is 67.1 Å². The summed E-state index contributed by atoms with van der Waals surface area (Å²) in [6.45, 7) is 0. The second-order valence-corrected chi connectivity index (χ2v) is 20.9. The largest absolute Gasteiger partial charge is 2.00 e. The number of rotatable bonds is 8. The minimum Gasteiger partial charge on any atom is -0.478 e. The third kappa shape index (κ3) is 9.03. The van der Waals surface area contributed by atoms with Crippen LogP contribution in [0.1, 0.15) is 20.7 Å². The van der Waals surface area contributed by atoms with E-state index >= 15 is 0 Å². The van der Waals surface area contributed by atoms with Gasteiger partial charge in [0.2, 0.25) is 0 Å². The van der Waals surface area contributed by atoms with Gasteiger partial charge in [0.15, 0.2) is 0 Å².